The molecule has 7 nitrogen and oxygen atoms in total. The molecule has 2 aromatic heterocycles. The van der Waals surface area contributed by atoms with Crippen molar-refractivity contribution < 1.29 is 13.2 Å². The van der Waals surface area contributed by atoms with E-state index in [1.807, 2.05) is 0 Å². The molecule has 1 aliphatic carbocycles. The minimum atomic E-state index is -3.36. The van der Waals surface area contributed by atoms with Gasteiger partial charge in [-0.05, 0) is 55.9 Å². The molecule has 0 aliphatic heterocycles. The van der Waals surface area contributed by atoms with Crippen LogP contribution in [0.3, 0.4) is 0 Å². The van der Waals surface area contributed by atoms with Crippen LogP contribution in [0.2, 0.25) is 0 Å². The monoisotopic (exact) mass is 445 g/mol. The van der Waals surface area contributed by atoms with Gasteiger partial charge in [0.2, 0.25) is 5.91 Å². The number of amides is 1. The largest absolute Gasteiger partial charge is 0.326 e. The molecule has 0 spiro atoms. The minimum absolute atomic E-state index is 0.127. The van der Waals surface area contributed by atoms with Crippen LogP contribution in [-0.4, -0.2) is 30.5 Å². The van der Waals surface area contributed by atoms with E-state index in [9.17, 15) is 18.0 Å². The van der Waals surface area contributed by atoms with E-state index in [1.54, 1.807) is 24.3 Å². The van der Waals surface area contributed by atoms with Crippen molar-refractivity contribution in [1.82, 2.24) is 9.97 Å². The summed E-state index contributed by atoms with van der Waals surface area (Å²) in [4.78, 5) is 34.6. The fraction of sp³-hybridized carbons (Fsp3) is 0.381. The van der Waals surface area contributed by atoms with E-state index < -0.39 is 9.84 Å². The summed E-state index contributed by atoms with van der Waals surface area (Å²) in [5.41, 5.74) is 2.24. The summed E-state index contributed by atoms with van der Waals surface area (Å²) in [5.74, 6) is 0.222. The van der Waals surface area contributed by atoms with Crippen molar-refractivity contribution in [2.45, 2.75) is 50.3 Å². The summed E-state index contributed by atoms with van der Waals surface area (Å²) in [6.07, 6.45) is 5.72. The smallest absolute Gasteiger partial charge is 0.259 e. The van der Waals surface area contributed by atoms with E-state index in [-0.39, 0.29) is 22.8 Å². The maximum Gasteiger partial charge on any atom is 0.259 e. The highest BCUT2D eigenvalue weighted by Gasteiger charge is 2.20. The highest BCUT2D eigenvalue weighted by molar-refractivity contribution is 7.90. The Balaban J connectivity index is 1.49. The molecule has 3 aromatic rings. The third-order valence-corrected chi connectivity index (χ3v) is 7.67. The Labute approximate surface area is 178 Å². The molecule has 1 aliphatic rings. The second-order valence-corrected chi connectivity index (χ2v) is 10.8. The van der Waals surface area contributed by atoms with Crippen molar-refractivity contribution in [3.63, 3.8) is 0 Å². The van der Waals surface area contributed by atoms with Gasteiger partial charge >= 0.3 is 0 Å². The lowest BCUT2D eigenvalue weighted by molar-refractivity contribution is -0.116. The molecule has 0 saturated carbocycles. The van der Waals surface area contributed by atoms with Crippen LogP contribution in [0.4, 0.5) is 5.69 Å². The van der Waals surface area contributed by atoms with Crippen LogP contribution in [0.25, 0.3) is 10.2 Å². The number of H-pyrrole nitrogens is 1. The highest BCUT2D eigenvalue weighted by atomic mass is 32.2. The van der Waals surface area contributed by atoms with Crippen LogP contribution >= 0.6 is 11.3 Å². The molecule has 30 heavy (non-hydrogen) atoms. The number of hydrogen-bond acceptors (Lipinski definition) is 6. The Morgan fingerprint density at radius 2 is 2.03 bits per heavy atom. The van der Waals surface area contributed by atoms with Crippen LogP contribution in [0.5, 0.6) is 0 Å². The molecule has 2 heterocycles. The topological polar surface area (TPSA) is 109 Å². The predicted octanol–water partition coefficient (Wildman–Crippen LogP) is 3.15. The van der Waals surface area contributed by atoms with E-state index in [2.05, 4.69) is 15.3 Å². The van der Waals surface area contributed by atoms with Crippen LogP contribution < -0.4 is 10.9 Å². The summed E-state index contributed by atoms with van der Waals surface area (Å²) < 4.78 is 23.5. The zero-order valence-electron chi connectivity index (χ0n) is 16.9. The number of carbonyl (C=O) groups excluding carboxylic acids is 1. The van der Waals surface area contributed by atoms with Gasteiger partial charge in [0.05, 0.1) is 10.3 Å². The lowest BCUT2D eigenvalue weighted by Gasteiger charge is -2.10. The maximum atomic E-state index is 12.6. The molecule has 158 valence electrons. The Kier molecular flexibility index (Phi) is 5.50. The molecule has 0 saturated heterocycles. The van der Waals surface area contributed by atoms with E-state index in [0.29, 0.717) is 23.3 Å². The average molecular weight is 446 g/mol. The molecule has 1 amide bonds. The summed E-state index contributed by atoms with van der Waals surface area (Å²) in [7, 11) is -3.36. The molecule has 0 bridgehead atoms. The number of hydrogen-bond donors (Lipinski definition) is 2. The fourth-order valence-corrected chi connectivity index (χ4v) is 5.67. The Bertz CT molecular complexity index is 1310. The number of rotatable bonds is 5. The van der Waals surface area contributed by atoms with Crippen LogP contribution in [0.15, 0.2) is 27.9 Å². The van der Waals surface area contributed by atoms with Crippen molar-refractivity contribution in [3.8, 4) is 0 Å². The normalized spacial score (nSPS) is 13.9. The number of nitrogens with one attached hydrogen (secondary N) is 2. The molecule has 0 fully saturated rings. The summed E-state index contributed by atoms with van der Waals surface area (Å²) >= 11 is 1.58. The first-order valence-electron chi connectivity index (χ1n) is 9.86. The molecule has 2 N–H and O–H groups in total. The van der Waals surface area contributed by atoms with Gasteiger partial charge in [0.1, 0.15) is 10.7 Å². The van der Waals surface area contributed by atoms with Gasteiger partial charge in [-0.2, -0.15) is 0 Å². The van der Waals surface area contributed by atoms with Crippen molar-refractivity contribution in [2.75, 3.05) is 11.6 Å². The van der Waals surface area contributed by atoms with Gasteiger partial charge < -0.3 is 10.3 Å². The fourth-order valence-electron chi connectivity index (χ4n) is 3.74. The molecule has 0 atom stereocenters. The van der Waals surface area contributed by atoms with E-state index in [1.165, 1.54) is 17.0 Å². The van der Waals surface area contributed by atoms with Crippen molar-refractivity contribution >= 4 is 43.0 Å². The van der Waals surface area contributed by atoms with E-state index in [0.717, 1.165) is 47.9 Å². The number of aryl methyl sites for hydroxylation is 4. The summed E-state index contributed by atoms with van der Waals surface area (Å²) in [6, 6.07) is 4.65. The predicted molar refractivity (Wildman–Crippen MR) is 118 cm³/mol. The maximum absolute atomic E-state index is 12.6. The zero-order chi connectivity index (χ0) is 21.5. The standard InChI is InChI=1S/C21H23N3O4S2/c1-12-7-8-13(30(2,27)28)11-15(12)22-18(25)10-9-17-23-20(26)19-14-5-3-4-6-16(14)29-21(19)24-17/h7-8,11H,3-6,9-10H2,1-2H3,(H,22,25)(H,23,24,26). The van der Waals surface area contributed by atoms with Gasteiger partial charge in [0.25, 0.3) is 5.56 Å². The number of carbonyl (C=O) groups is 1. The van der Waals surface area contributed by atoms with Crippen molar-refractivity contribution in [2.24, 2.45) is 0 Å². The van der Waals surface area contributed by atoms with Gasteiger partial charge in [-0.1, -0.05) is 6.07 Å². The second kappa shape index (κ2) is 7.96. The van der Waals surface area contributed by atoms with Crippen molar-refractivity contribution in [1.29, 1.82) is 0 Å². The highest BCUT2D eigenvalue weighted by Crippen LogP contribution is 2.33. The first kappa shape index (κ1) is 20.7. The lowest BCUT2D eigenvalue weighted by Crippen LogP contribution is -2.17. The first-order chi connectivity index (χ1) is 14.2. The number of sulfone groups is 1. The van der Waals surface area contributed by atoms with Crippen molar-refractivity contribution in [3.05, 3.63) is 50.4 Å². The zero-order valence-corrected chi connectivity index (χ0v) is 18.5. The van der Waals surface area contributed by atoms with Gasteiger partial charge in [0.15, 0.2) is 9.84 Å². The average Bonchev–Trinajstić information content (AvgIpc) is 3.06. The third-order valence-electron chi connectivity index (χ3n) is 5.37. The summed E-state index contributed by atoms with van der Waals surface area (Å²) in [6.45, 7) is 1.80. The number of aromatic nitrogens is 2. The SMILES string of the molecule is Cc1ccc(S(C)(=O)=O)cc1NC(=O)CCc1nc2sc3c(c2c(=O)[nH]1)CCCC3. The number of nitrogens with zero attached hydrogens (tertiary/aromatic N) is 1. The van der Waals surface area contributed by atoms with E-state index in [4.69, 9.17) is 0 Å². The molecule has 0 unspecified atom stereocenters. The first-order valence-corrected chi connectivity index (χ1v) is 12.6. The van der Waals surface area contributed by atoms with Gasteiger partial charge in [-0.25, -0.2) is 13.4 Å². The molecule has 9 heteroatoms. The molecular formula is C21H23N3O4S2. The number of thiophene rings is 1. The molecule has 4 rings (SSSR count). The lowest BCUT2D eigenvalue weighted by atomic mass is 9.97. The van der Waals surface area contributed by atoms with E-state index >= 15 is 0 Å². The second-order valence-electron chi connectivity index (χ2n) is 7.70. The molecular weight excluding hydrogens is 422 g/mol. The quantitative estimate of drug-likeness (QED) is 0.627. The summed E-state index contributed by atoms with van der Waals surface area (Å²) in [5, 5.41) is 3.47. The van der Waals surface area contributed by atoms with Crippen LogP contribution in [0, 0.1) is 6.92 Å². The van der Waals surface area contributed by atoms with Crippen LogP contribution in [0.1, 0.15) is 41.1 Å². The van der Waals surface area contributed by atoms with Crippen LogP contribution in [-0.2, 0) is 33.9 Å². The van der Waals surface area contributed by atoms with Gasteiger partial charge in [-0.3, -0.25) is 9.59 Å². The number of benzene rings is 1. The van der Waals surface area contributed by atoms with Gasteiger partial charge in [-0.15, -0.1) is 11.3 Å². The molecule has 0 radical (unpaired) electrons. The number of anilines is 1. The Hall–Kier alpha value is -2.52. The Morgan fingerprint density at radius 1 is 1.27 bits per heavy atom. The minimum Gasteiger partial charge on any atom is -0.326 e. The molecule has 1 aromatic carbocycles. The van der Waals surface area contributed by atoms with Gasteiger partial charge in [0, 0.05) is 29.7 Å². The third kappa shape index (κ3) is 4.17. The Morgan fingerprint density at radius 3 is 2.80 bits per heavy atom. The number of fused-ring (bicyclic) bond motifs is 3. The number of aromatic amines is 1.